The molecule has 2 saturated carbocycles. The molecule has 3 aromatic rings. The van der Waals surface area contributed by atoms with Gasteiger partial charge in [0.1, 0.15) is 0 Å². The van der Waals surface area contributed by atoms with Crippen molar-refractivity contribution < 1.29 is 13.2 Å². The first-order chi connectivity index (χ1) is 16.2. The van der Waals surface area contributed by atoms with Crippen molar-refractivity contribution in [2.75, 3.05) is 24.5 Å². The Morgan fingerprint density at radius 1 is 1.26 bits per heavy atom. The number of alkyl halides is 3. The van der Waals surface area contributed by atoms with E-state index in [1.165, 1.54) is 0 Å². The number of rotatable bonds is 6. The first-order valence-corrected chi connectivity index (χ1v) is 14.1. The van der Waals surface area contributed by atoms with Gasteiger partial charge in [-0.1, -0.05) is 0 Å². The quantitative estimate of drug-likeness (QED) is 0.355. The van der Waals surface area contributed by atoms with Gasteiger partial charge in [-0.2, -0.15) is 0 Å². The van der Waals surface area contributed by atoms with E-state index in [1.54, 1.807) is 11.9 Å². The van der Waals surface area contributed by atoms with Crippen LogP contribution in [0.3, 0.4) is 0 Å². The molecule has 3 fully saturated rings. The van der Waals surface area contributed by atoms with Gasteiger partial charge in [0, 0.05) is 0 Å². The fourth-order valence-corrected chi connectivity index (χ4v) is 6.81. The van der Waals surface area contributed by atoms with Crippen LogP contribution in [0.25, 0.3) is 15.9 Å². The van der Waals surface area contributed by atoms with E-state index in [-0.39, 0.29) is 11.5 Å². The van der Waals surface area contributed by atoms with Crippen molar-refractivity contribution in [3.05, 3.63) is 22.5 Å². The molecule has 3 aromatic heterocycles. The summed E-state index contributed by atoms with van der Waals surface area (Å²) < 4.78 is 45.2. The summed E-state index contributed by atoms with van der Waals surface area (Å²) in [5.41, 5.74) is 3.55. The molecule has 1 atom stereocenters. The molecule has 0 radical (unpaired) electrons. The van der Waals surface area contributed by atoms with Crippen LogP contribution in [0.15, 0.2) is 17.2 Å². The van der Waals surface area contributed by atoms with Gasteiger partial charge in [-0.05, 0) is 0 Å². The standard InChI is InChI=1S/C22H26F3N7SSe/c1-12-10-31(8-7-26-12)15-9-14(33-30-21(2)5-6-21)11-32-17(16(13-3-4-13)27-18(15)32)19-28-29-20(34-19)22(23,24)25/h9,11-13,26,30H,3-8,10H2,1-2H3. The molecule has 2 aliphatic carbocycles. The van der Waals surface area contributed by atoms with Crippen molar-refractivity contribution >= 4 is 37.8 Å². The Bertz CT molecular complexity index is 1230. The summed E-state index contributed by atoms with van der Waals surface area (Å²) in [7, 11) is 0. The van der Waals surface area contributed by atoms with Gasteiger partial charge < -0.3 is 0 Å². The van der Waals surface area contributed by atoms with Crippen LogP contribution in [-0.2, 0) is 6.18 Å². The van der Waals surface area contributed by atoms with E-state index in [2.05, 4.69) is 45.0 Å². The number of fused-ring (bicyclic) bond motifs is 1. The van der Waals surface area contributed by atoms with Crippen LogP contribution < -0.4 is 14.9 Å². The Hall–Kier alpha value is -1.59. The summed E-state index contributed by atoms with van der Waals surface area (Å²) in [6, 6.07) is 2.51. The van der Waals surface area contributed by atoms with Crippen LogP contribution in [0.1, 0.15) is 55.7 Å². The number of imidazole rings is 1. The van der Waals surface area contributed by atoms with Crippen molar-refractivity contribution in [2.45, 2.75) is 68.1 Å². The van der Waals surface area contributed by atoms with Crippen molar-refractivity contribution in [1.29, 1.82) is 0 Å². The summed E-state index contributed by atoms with van der Waals surface area (Å²) in [5.74, 6) is 0.276. The first kappa shape index (κ1) is 22.8. The van der Waals surface area contributed by atoms with Crippen LogP contribution >= 0.6 is 11.9 Å². The molecule has 4 heterocycles. The first-order valence-electron chi connectivity index (χ1n) is 11.6. The summed E-state index contributed by atoms with van der Waals surface area (Å²) in [6.45, 7) is 6.95. The Morgan fingerprint density at radius 3 is 2.71 bits per heavy atom. The zero-order valence-electron chi connectivity index (χ0n) is 18.9. The number of nitrogens with zero attached hydrogens (tertiary/aromatic N) is 5. The third-order valence-corrected chi connectivity index (χ3v) is 9.76. The number of hydrogen-bond donors (Lipinski definition) is 2. The second-order valence-electron chi connectivity index (χ2n) is 9.85. The normalized spacial score (nSPS) is 22.5. The van der Waals surface area contributed by atoms with Gasteiger partial charge in [0.15, 0.2) is 0 Å². The fraction of sp³-hybridized carbons (Fsp3) is 0.591. The fourth-order valence-electron chi connectivity index (χ4n) is 4.32. The molecular weight excluding hydrogens is 530 g/mol. The predicted molar refractivity (Wildman–Crippen MR) is 126 cm³/mol. The topological polar surface area (TPSA) is 70.4 Å². The molecule has 2 N–H and O–H groups in total. The summed E-state index contributed by atoms with van der Waals surface area (Å²) in [5, 5.41) is 11.0. The van der Waals surface area contributed by atoms with E-state index in [0.717, 1.165) is 67.2 Å². The molecule has 12 heteroatoms. The number of hydrogen-bond acceptors (Lipinski definition) is 7. The van der Waals surface area contributed by atoms with Gasteiger partial charge in [-0.15, -0.1) is 0 Å². The molecule has 3 aliphatic rings. The Morgan fingerprint density at radius 2 is 2.06 bits per heavy atom. The van der Waals surface area contributed by atoms with Crippen LogP contribution in [-0.4, -0.2) is 65.3 Å². The number of anilines is 1. The predicted octanol–water partition coefficient (Wildman–Crippen LogP) is 3.69. The molecule has 0 amide bonds. The van der Waals surface area contributed by atoms with Crippen molar-refractivity contribution in [3.8, 4) is 10.3 Å². The molecule has 0 bridgehead atoms. The molecule has 1 unspecified atom stereocenters. The van der Waals surface area contributed by atoms with Crippen LogP contribution in [0.5, 0.6) is 0 Å². The molecule has 1 aliphatic heterocycles. The van der Waals surface area contributed by atoms with Gasteiger partial charge in [0.25, 0.3) is 0 Å². The van der Waals surface area contributed by atoms with E-state index < -0.39 is 25.2 Å². The number of pyridine rings is 1. The Kier molecular flexibility index (Phi) is 5.53. The molecule has 6 rings (SSSR count). The third-order valence-electron chi connectivity index (χ3n) is 6.66. The third kappa shape index (κ3) is 4.39. The van der Waals surface area contributed by atoms with E-state index in [1.807, 2.05) is 10.6 Å². The van der Waals surface area contributed by atoms with Gasteiger partial charge >= 0.3 is 206 Å². The van der Waals surface area contributed by atoms with E-state index in [0.29, 0.717) is 16.3 Å². The summed E-state index contributed by atoms with van der Waals surface area (Å²) >= 11 is 0.593. The number of aromatic nitrogens is 4. The second kappa shape index (κ2) is 8.23. The van der Waals surface area contributed by atoms with Crippen molar-refractivity contribution in [1.82, 2.24) is 29.6 Å². The van der Waals surface area contributed by atoms with E-state index >= 15 is 0 Å². The number of piperazine rings is 1. The van der Waals surface area contributed by atoms with Crippen LogP contribution in [0.4, 0.5) is 18.9 Å². The molecule has 34 heavy (non-hydrogen) atoms. The SMILES string of the molecule is CC1CN(c2cc(SNC3(C)CC3)cn3c(-c4nnc(C(F)(F)F)[se]4)c(C4CC4)nc23)CCN1. The molecular formula is C22H26F3N7SSe. The van der Waals surface area contributed by atoms with Gasteiger partial charge in [0.2, 0.25) is 0 Å². The van der Waals surface area contributed by atoms with E-state index in [4.69, 9.17) is 4.98 Å². The molecule has 1 saturated heterocycles. The van der Waals surface area contributed by atoms with Gasteiger partial charge in [-0.25, -0.2) is 0 Å². The number of nitrogens with one attached hydrogen (secondary N) is 2. The zero-order chi connectivity index (χ0) is 23.7. The molecule has 0 aromatic carbocycles. The summed E-state index contributed by atoms with van der Waals surface area (Å²) in [6.07, 6.45) is 1.86. The van der Waals surface area contributed by atoms with Crippen LogP contribution in [0, 0.1) is 0 Å². The second-order valence-corrected chi connectivity index (χ2v) is 12.8. The van der Waals surface area contributed by atoms with E-state index in [9.17, 15) is 13.2 Å². The zero-order valence-corrected chi connectivity index (χ0v) is 21.5. The summed E-state index contributed by atoms with van der Waals surface area (Å²) in [4.78, 5) is 8.40. The monoisotopic (exact) mass is 557 g/mol. The Labute approximate surface area is 205 Å². The van der Waals surface area contributed by atoms with Gasteiger partial charge in [-0.3, -0.25) is 0 Å². The molecule has 0 spiro atoms. The molecule has 7 nitrogen and oxygen atoms in total. The minimum atomic E-state index is -4.45. The Balaban J connectivity index is 1.50. The number of halogens is 3. The average Bonchev–Trinajstić information content (AvgIpc) is 3.67. The average molecular weight is 557 g/mol. The maximum absolute atomic E-state index is 13.4. The van der Waals surface area contributed by atoms with Crippen molar-refractivity contribution in [2.24, 2.45) is 0 Å². The van der Waals surface area contributed by atoms with Crippen molar-refractivity contribution in [3.63, 3.8) is 0 Å². The minimum absolute atomic E-state index is 0.147. The van der Waals surface area contributed by atoms with Gasteiger partial charge in [0.05, 0.1) is 0 Å². The van der Waals surface area contributed by atoms with Crippen LogP contribution in [0.2, 0.25) is 0 Å². The maximum atomic E-state index is 13.4. The molecule has 182 valence electrons.